The highest BCUT2D eigenvalue weighted by Crippen LogP contribution is 2.26. The molecule has 132 valence electrons. The first-order valence-electron chi connectivity index (χ1n) is 9.12. The smallest absolute Gasteiger partial charge is 0.311 e. The van der Waals surface area contributed by atoms with Crippen molar-refractivity contribution in [2.45, 2.75) is 90.6 Å². The summed E-state index contributed by atoms with van der Waals surface area (Å²) in [5, 5.41) is 0. The van der Waals surface area contributed by atoms with Crippen LogP contribution in [-0.2, 0) is 23.8 Å². The van der Waals surface area contributed by atoms with Gasteiger partial charge in [0.1, 0.15) is 0 Å². The third kappa shape index (κ3) is 6.13. The van der Waals surface area contributed by atoms with E-state index in [1.54, 1.807) is 13.8 Å². The fourth-order valence-corrected chi connectivity index (χ4v) is 3.52. The highest BCUT2D eigenvalue weighted by molar-refractivity contribution is 5.73. The molecule has 2 rings (SSSR count). The zero-order valence-corrected chi connectivity index (χ0v) is 14.4. The van der Waals surface area contributed by atoms with Crippen molar-refractivity contribution < 1.29 is 23.8 Å². The molecule has 0 heterocycles. The molecule has 0 radical (unpaired) electrons. The maximum atomic E-state index is 12.0. The average molecular weight is 326 g/mol. The molecule has 2 atom stereocenters. The van der Waals surface area contributed by atoms with E-state index in [9.17, 15) is 9.59 Å². The topological polar surface area (TPSA) is 61.8 Å². The van der Waals surface area contributed by atoms with Crippen LogP contribution in [0.2, 0.25) is 0 Å². The summed E-state index contributed by atoms with van der Waals surface area (Å²) in [6, 6.07) is 0. The van der Waals surface area contributed by atoms with Crippen molar-refractivity contribution in [2.75, 3.05) is 0 Å². The van der Waals surface area contributed by atoms with Crippen LogP contribution in [-0.4, -0.2) is 24.5 Å². The first-order valence-corrected chi connectivity index (χ1v) is 9.12. The van der Waals surface area contributed by atoms with Gasteiger partial charge >= 0.3 is 11.9 Å². The zero-order valence-electron chi connectivity index (χ0n) is 14.4. The van der Waals surface area contributed by atoms with Gasteiger partial charge in [-0.25, -0.2) is 0 Å². The molecule has 2 saturated carbocycles. The average Bonchev–Trinajstić information content (AvgIpc) is 2.56. The van der Waals surface area contributed by atoms with E-state index in [-0.39, 0.29) is 23.8 Å². The predicted molar refractivity (Wildman–Crippen MR) is 85.3 cm³/mol. The quantitative estimate of drug-likeness (QED) is 0.546. The molecule has 2 fully saturated rings. The van der Waals surface area contributed by atoms with Gasteiger partial charge in [-0.3, -0.25) is 9.59 Å². The zero-order chi connectivity index (χ0) is 16.7. The Morgan fingerprint density at radius 3 is 1.39 bits per heavy atom. The Morgan fingerprint density at radius 2 is 1.04 bits per heavy atom. The van der Waals surface area contributed by atoms with Crippen LogP contribution in [0.4, 0.5) is 0 Å². The van der Waals surface area contributed by atoms with Gasteiger partial charge in [0, 0.05) is 0 Å². The molecule has 0 aromatic rings. The molecule has 5 nitrogen and oxygen atoms in total. The summed E-state index contributed by atoms with van der Waals surface area (Å²) in [6.07, 6.45) is 8.96. The Kier molecular flexibility index (Phi) is 7.34. The molecule has 0 saturated heterocycles. The van der Waals surface area contributed by atoms with E-state index in [1.165, 1.54) is 12.8 Å². The molecule has 0 aromatic heterocycles. The molecule has 23 heavy (non-hydrogen) atoms. The molecule has 0 bridgehead atoms. The van der Waals surface area contributed by atoms with Crippen LogP contribution in [0.3, 0.4) is 0 Å². The van der Waals surface area contributed by atoms with Crippen LogP contribution in [0.5, 0.6) is 0 Å². The normalized spacial score (nSPS) is 23.0. The number of esters is 2. The molecule has 2 aliphatic carbocycles. The van der Waals surface area contributed by atoms with Crippen LogP contribution in [0.25, 0.3) is 0 Å². The summed E-state index contributed by atoms with van der Waals surface area (Å²) in [5.74, 6) is -0.393. The number of hydrogen-bond acceptors (Lipinski definition) is 5. The lowest BCUT2D eigenvalue weighted by atomic mass is 9.89. The Labute approximate surface area is 139 Å². The van der Waals surface area contributed by atoms with Crippen molar-refractivity contribution in [3.63, 3.8) is 0 Å². The minimum Gasteiger partial charge on any atom is -0.436 e. The molecule has 0 spiro atoms. The van der Waals surface area contributed by atoms with E-state index in [0.29, 0.717) is 0 Å². The lowest BCUT2D eigenvalue weighted by Gasteiger charge is -2.25. The van der Waals surface area contributed by atoms with Crippen LogP contribution < -0.4 is 0 Å². The van der Waals surface area contributed by atoms with E-state index in [4.69, 9.17) is 14.2 Å². The summed E-state index contributed by atoms with van der Waals surface area (Å²) in [6.45, 7) is 3.34. The summed E-state index contributed by atoms with van der Waals surface area (Å²) in [7, 11) is 0. The molecule has 2 aliphatic rings. The van der Waals surface area contributed by atoms with Gasteiger partial charge in [-0.15, -0.1) is 0 Å². The summed E-state index contributed by atoms with van der Waals surface area (Å²) in [5.41, 5.74) is 0. The fourth-order valence-electron chi connectivity index (χ4n) is 3.52. The highest BCUT2D eigenvalue weighted by atomic mass is 16.8. The fraction of sp³-hybridized carbons (Fsp3) is 0.889. The molecule has 0 aliphatic heterocycles. The molecule has 0 amide bonds. The molecule has 2 unspecified atom stereocenters. The third-order valence-corrected chi connectivity index (χ3v) is 4.82. The Hall–Kier alpha value is -1.10. The second kappa shape index (κ2) is 9.26. The lowest BCUT2D eigenvalue weighted by Crippen LogP contribution is -2.31. The molecular weight excluding hydrogens is 296 g/mol. The number of rotatable bonds is 6. The van der Waals surface area contributed by atoms with Crippen molar-refractivity contribution >= 4 is 11.9 Å². The van der Waals surface area contributed by atoms with Gasteiger partial charge in [0.25, 0.3) is 0 Å². The van der Waals surface area contributed by atoms with Crippen molar-refractivity contribution in [1.82, 2.24) is 0 Å². The lowest BCUT2D eigenvalue weighted by molar-refractivity contribution is -0.231. The van der Waals surface area contributed by atoms with Gasteiger partial charge in [0.2, 0.25) is 12.6 Å². The van der Waals surface area contributed by atoms with E-state index in [1.807, 2.05) is 0 Å². The van der Waals surface area contributed by atoms with Gasteiger partial charge in [-0.05, 0) is 39.5 Å². The summed E-state index contributed by atoms with van der Waals surface area (Å²) in [4.78, 5) is 24.1. The van der Waals surface area contributed by atoms with Crippen LogP contribution in [0.1, 0.15) is 78.1 Å². The Bertz CT molecular complexity index is 347. The van der Waals surface area contributed by atoms with Crippen molar-refractivity contribution in [1.29, 1.82) is 0 Å². The van der Waals surface area contributed by atoms with Crippen molar-refractivity contribution in [3.05, 3.63) is 0 Å². The number of ether oxygens (including phenoxy) is 3. The second-order valence-electron chi connectivity index (χ2n) is 6.81. The molecule has 5 heteroatoms. The van der Waals surface area contributed by atoms with Crippen LogP contribution in [0, 0.1) is 11.8 Å². The summed E-state index contributed by atoms with van der Waals surface area (Å²) < 4.78 is 16.2. The number of hydrogen-bond donors (Lipinski definition) is 0. The number of carbonyl (C=O) groups is 2. The predicted octanol–water partition coefficient (Wildman–Crippen LogP) is 3.94. The van der Waals surface area contributed by atoms with E-state index >= 15 is 0 Å². The van der Waals surface area contributed by atoms with Crippen LogP contribution >= 0.6 is 0 Å². The maximum Gasteiger partial charge on any atom is 0.311 e. The largest absolute Gasteiger partial charge is 0.436 e. The van der Waals surface area contributed by atoms with Gasteiger partial charge in [-0.1, -0.05) is 38.5 Å². The summed E-state index contributed by atoms with van der Waals surface area (Å²) >= 11 is 0. The SMILES string of the molecule is CC(OC(=O)C1CCCCC1)OC(C)OC(=O)C1CCCCC1. The monoisotopic (exact) mass is 326 g/mol. The maximum absolute atomic E-state index is 12.0. The van der Waals surface area contributed by atoms with Crippen molar-refractivity contribution in [3.8, 4) is 0 Å². The van der Waals surface area contributed by atoms with Gasteiger partial charge in [0.15, 0.2) is 0 Å². The second-order valence-corrected chi connectivity index (χ2v) is 6.81. The Balaban J connectivity index is 1.67. The van der Waals surface area contributed by atoms with Gasteiger partial charge < -0.3 is 14.2 Å². The van der Waals surface area contributed by atoms with E-state index in [0.717, 1.165) is 51.4 Å². The minimum absolute atomic E-state index is 0.00473. The van der Waals surface area contributed by atoms with Gasteiger partial charge in [0.05, 0.1) is 11.8 Å². The minimum atomic E-state index is -0.696. The molecule has 0 N–H and O–H groups in total. The molecule has 0 aromatic carbocycles. The first kappa shape index (κ1) is 18.2. The van der Waals surface area contributed by atoms with Crippen LogP contribution in [0.15, 0.2) is 0 Å². The number of carbonyl (C=O) groups excluding carboxylic acids is 2. The van der Waals surface area contributed by atoms with E-state index < -0.39 is 12.6 Å². The van der Waals surface area contributed by atoms with E-state index in [2.05, 4.69) is 0 Å². The highest BCUT2D eigenvalue weighted by Gasteiger charge is 2.27. The van der Waals surface area contributed by atoms with Gasteiger partial charge in [-0.2, -0.15) is 0 Å². The third-order valence-electron chi connectivity index (χ3n) is 4.82. The van der Waals surface area contributed by atoms with Crippen molar-refractivity contribution in [2.24, 2.45) is 11.8 Å². The first-order chi connectivity index (χ1) is 11.1. The molecular formula is C18H30O5. The standard InChI is InChI=1S/C18H30O5/c1-13(22-17(19)15-9-5-3-6-10-15)21-14(2)23-18(20)16-11-7-4-8-12-16/h13-16H,3-12H2,1-2H3. The Morgan fingerprint density at radius 1 is 0.696 bits per heavy atom.